The van der Waals surface area contributed by atoms with E-state index in [9.17, 15) is 9.90 Å². The van der Waals surface area contributed by atoms with Crippen LogP contribution < -0.4 is 0 Å². The molecule has 2 unspecified atom stereocenters. The number of hydrogen-bond donors (Lipinski definition) is 2. The number of aliphatic hydroxyl groups excluding tert-OH is 2. The number of ether oxygens (including phenoxy) is 1. The van der Waals surface area contributed by atoms with Gasteiger partial charge in [-0.1, -0.05) is 0 Å². The summed E-state index contributed by atoms with van der Waals surface area (Å²) in [6.45, 7) is 1.67. The van der Waals surface area contributed by atoms with Crippen molar-refractivity contribution in [1.82, 2.24) is 0 Å². The van der Waals surface area contributed by atoms with Crippen molar-refractivity contribution in [3.63, 3.8) is 0 Å². The number of hydrogen-bond acceptors (Lipinski definition) is 4. The third kappa shape index (κ3) is 2.40. The molecule has 0 saturated carbocycles. The van der Waals surface area contributed by atoms with E-state index in [2.05, 4.69) is 0 Å². The van der Waals surface area contributed by atoms with Crippen molar-refractivity contribution >= 4 is 5.78 Å². The molecule has 0 bridgehead atoms. The third-order valence-corrected chi connectivity index (χ3v) is 1.77. The number of carbonyl (C=O) groups is 1. The molecule has 1 heterocycles. The van der Waals surface area contributed by atoms with E-state index in [1.165, 1.54) is 19.3 Å². The molecule has 1 aliphatic heterocycles. The van der Waals surface area contributed by atoms with Crippen LogP contribution in [-0.2, 0) is 9.53 Å². The molecule has 0 saturated heterocycles. The first-order chi connectivity index (χ1) is 6.13. The lowest BCUT2D eigenvalue weighted by molar-refractivity contribution is -0.132. The Kier molecular flexibility index (Phi) is 3.22. The van der Waals surface area contributed by atoms with Crippen molar-refractivity contribution in [1.29, 1.82) is 0 Å². The number of Topliss-reactive ketones (excluding diaryl/α,β-unsaturated/α-hetero) is 1. The first kappa shape index (κ1) is 9.95. The van der Waals surface area contributed by atoms with Crippen LogP contribution in [0.1, 0.15) is 6.92 Å². The number of rotatable bonds is 3. The summed E-state index contributed by atoms with van der Waals surface area (Å²) >= 11 is 0. The van der Waals surface area contributed by atoms with Gasteiger partial charge < -0.3 is 14.9 Å². The summed E-state index contributed by atoms with van der Waals surface area (Å²) in [5.41, 5.74) is 0.470. The molecule has 2 atom stereocenters. The molecule has 0 spiro atoms. The Morgan fingerprint density at radius 2 is 2.31 bits per heavy atom. The lowest BCUT2D eigenvalue weighted by Gasteiger charge is -2.14. The average molecular weight is 184 g/mol. The highest BCUT2D eigenvalue weighted by molar-refractivity contribution is 5.89. The Morgan fingerprint density at radius 1 is 1.62 bits per heavy atom. The van der Waals surface area contributed by atoms with Crippen LogP contribution in [0.5, 0.6) is 0 Å². The molecule has 0 aromatic heterocycles. The lowest BCUT2D eigenvalue weighted by Crippen LogP contribution is -2.31. The van der Waals surface area contributed by atoms with Gasteiger partial charge in [-0.2, -0.15) is 0 Å². The van der Waals surface area contributed by atoms with E-state index in [1.54, 1.807) is 6.08 Å². The van der Waals surface area contributed by atoms with Crippen molar-refractivity contribution in [2.45, 2.75) is 19.1 Å². The molecule has 1 rings (SSSR count). The lowest BCUT2D eigenvalue weighted by atomic mass is 10.0. The Bertz CT molecular complexity index is 252. The van der Waals surface area contributed by atoms with Gasteiger partial charge in [0, 0.05) is 0 Å². The molecular formula is C9H12O4. The van der Waals surface area contributed by atoms with Gasteiger partial charge in [0.1, 0.15) is 18.8 Å². The molecule has 2 N–H and O–H groups in total. The third-order valence-electron chi connectivity index (χ3n) is 1.77. The van der Waals surface area contributed by atoms with E-state index in [4.69, 9.17) is 9.84 Å². The summed E-state index contributed by atoms with van der Waals surface area (Å²) in [4.78, 5) is 11.1. The second-order valence-corrected chi connectivity index (χ2v) is 2.82. The maximum atomic E-state index is 11.1. The van der Waals surface area contributed by atoms with Gasteiger partial charge >= 0.3 is 0 Å². The summed E-state index contributed by atoms with van der Waals surface area (Å²) < 4.78 is 4.85. The average Bonchev–Trinajstić information content (AvgIpc) is 2.17. The van der Waals surface area contributed by atoms with Crippen molar-refractivity contribution in [3.05, 3.63) is 24.0 Å². The molecule has 4 nitrogen and oxygen atoms in total. The van der Waals surface area contributed by atoms with Crippen LogP contribution in [0.2, 0.25) is 0 Å². The monoisotopic (exact) mass is 184 g/mol. The largest absolute Gasteiger partial charge is 0.497 e. The maximum Gasteiger partial charge on any atom is 0.193 e. The van der Waals surface area contributed by atoms with Gasteiger partial charge in [-0.05, 0) is 24.6 Å². The predicted octanol–water partition coefficient (Wildman–Crippen LogP) is -0.233. The second-order valence-electron chi connectivity index (χ2n) is 2.82. The highest BCUT2D eigenvalue weighted by atomic mass is 16.5. The van der Waals surface area contributed by atoms with Crippen LogP contribution in [-0.4, -0.2) is 34.8 Å². The normalized spacial score (nSPS) is 20.1. The molecule has 0 amide bonds. The van der Waals surface area contributed by atoms with Gasteiger partial charge in [-0.25, -0.2) is 0 Å². The second kappa shape index (κ2) is 4.20. The molecule has 0 aliphatic carbocycles. The fourth-order valence-electron chi connectivity index (χ4n) is 0.990. The van der Waals surface area contributed by atoms with Crippen LogP contribution in [0.4, 0.5) is 0 Å². The van der Waals surface area contributed by atoms with E-state index < -0.39 is 18.0 Å². The molecule has 13 heavy (non-hydrogen) atoms. The van der Waals surface area contributed by atoms with Crippen LogP contribution in [0, 0.1) is 0 Å². The highest BCUT2D eigenvalue weighted by Gasteiger charge is 2.22. The molecule has 4 heteroatoms. The Balaban J connectivity index is 2.66. The van der Waals surface area contributed by atoms with Gasteiger partial charge in [0.05, 0.1) is 6.26 Å². The van der Waals surface area contributed by atoms with Crippen LogP contribution in [0.3, 0.4) is 0 Å². The van der Waals surface area contributed by atoms with Gasteiger partial charge in [0.2, 0.25) is 0 Å². The molecule has 0 radical (unpaired) electrons. The van der Waals surface area contributed by atoms with E-state index in [-0.39, 0.29) is 0 Å². The first-order valence-corrected chi connectivity index (χ1v) is 4.01. The fourth-order valence-corrected chi connectivity index (χ4v) is 0.990. The topological polar surface area (TPSA) is 66.8 Å². The number of carbonyl (C=O) groups excluding carboxylic acids is 1. The van der Waals surface area contributed by atoms with Gasteiger partial charge in [0.25, 0.3) is 0 Å². The van der Waals surface area contributed by atoms with Crippen LogP contribution in [0.15, 0.2) is 24.0 Å². The minimum atomic E-state index is -1.25. The zero-order valence-electron chi connectivity index (χ0n) is 7.30. The van der Waals surface area contributed by atoms with Crippen LogP contribution >= 0.6 is 0 Å². The summed E-state index contributed by atoms with van der Waals surface area (Å²) in [7, 11) is 0. The van der Waals surface area contributed by atoms with Crippen LogP contribution in [0.25, 0.3) is 0 Å². The SMILES string of the molecule is CC(O)C(=O)C(O)C1=CCOC=C1. The molecule has 1 aliphatic rings. The van der Waals surface area contributed by atoms with Crippen molar-refractivity contribution in [2.75, 3.05) is 6.61 Å². The first-order valence-electron chi connectivity index (χ1n) is 4.01. The molecule has 0 fully saturated rings. The highest BCUT2D eigenvalue weighted by Crippen LogP contribution is 2.11. The van der Waals surface area contributed by atoms with Crippen molar-refractivity contribution in [3.8, 4) is 0 Å². The Hall–Kier alpha value is -1.13. The zero-order chi connectivity index (χ0) is 9.84. The summed E-state index contributed by atoms with van der Waals surface area (Å²) in [6, 6.07) is 0. The molecule has 0 aromatic carbocycles. The molecule has 72 valence electrons. The molecule has 0 aromatic rings. The minimum Gasteiger partial charge on any atom is -0.497 e. The molecular weight excluding hydrogens is 172 g/mol. The summed E-state index contributed by atoms with van der Waals surface area (Å²) in [5, 5.41) is 18.4. The predicted molar refractivity (Wildman–Crippen MR) is 45.9 cm³/mol. The van der Waals surface area contributed by atoms with Crippen molar-refractivity contribution < 1.29 is 19.7 Å². The maximum absolute atomic E-state index is 11.1. The summed E-state index contributed by atoms with van der Waals surface area (Å²) in [6.07, 6.45) is 2.13. The van der Waals surface area contributed by atoms with Gasteiger partial charge in [-0.3, -0.25) is 4.79 Å². The smallest absolute Gasteiger partial charge is 0.193 e. The van der Waals surface area contributed by atoms with Gasteiger partial charge in [0.15, 0.2) is 5.78 Å². The number of ketones is 1. The number of aliphatic hydroxyl groups is 2. The Morgan fingerprint density at radius 3 is 2.77 bits per heavy atom. The van der Waals surface area contributed by atoms with E-state index >= 15 is 0 Å². The fraction of sp³-hybridized carbons (Fsp3) is 0.444. The van der Waals surface area contributed by atoms with Crippen molar-refractivity contribution in [2.24, 2.45) is 0 Å². The zero-order valence-corrected chi connectivity index (χ0v) is 7.30. The van der Waals surface area contributed by atoms with E-state index in [0.29, 0.717) is 12.2 Å². The van der Waals surface area contributed by atoms with E-state index in [1.807, 2.05) is 0 Å². The standard InChI is InChI=1S/C9H12O4/c1-6(10)8(11)9(12)7-2-4-13-5-3-7/h2-4,6,9-10,12H,5H2,1H3. The van der Waals surface area contributed by atoms with E-state index in [0.717, 1.165) is 0 Å². The van der Waals surface area contributed by atoms with Gasteiger partial charge in [-0.15, -0.1) is 0 Å². The quantitative estimate of drug-likeness (QED) is 0.635. The summed E-state index contributed by atoms with van der Waals surface area (Å²) in [5.74, 6) is -0.599. The minimum absolute atomic E-state index is 0.343. The Labute approximate surface area is 76.1 Å².